The molecule has 4 nitrogen and oxygen atoms in total. The van der Waals surface area contributed by atoms with E-state index in [2.05, 4.69) is 108 Å². The number of hydrogen-bond donors (Lipinski definition) is 0. The second-order valence-corrected chi connectivity index (χ2v) is 12.0. The molecule has 0 N–H and O–H groups in total. The zero-order valence-corrected chi connectivity index (χ0v) is 26.8. The van der Waals surface area contributed by atoms with Crippen LogP contribution in [-0.2, 0) is 13.1 Å². The quantitative estimate of drug-likeness (QED) is 0.178. The molecule has 0 saturated carbocycles. The zero-order valence-electron chi connectivity index (χ0n) is 26.0. The topological polar surface area (TPSA) is 26.8 Å². The molecule has 0 unspecified atom stereocenters. The van der Waals surface area contributed by atoms with Gasteiger partial charge in [-0.05, 0) is 72.8 Å². The molecule has 0 spiro atoms. The highest BCUT2D eigenvalue weighted by molar-refractivity contribution is 6.30. The lowest BCUT2D eigenvalue weighted by Gasteiger charge is -2.37. The molecule has 6 rings (SSSR count). The van der Waals surface area contributed by atoms with E-state index >= 15 is 0 Å². The van der Waals surface area contributed by atoms with Crippen LogP contribution < -0.4 is 4.90 Å². The Labute approximate surface area is 268 Å². The highest BCUT2D eigenvalue weighted by atomic mass is 35.5. The minimum absolute atomic E-state index is 0.119. The Hall–Kier alpha value is -3.86. The predicted octanol–water partition coefficient (Wildman–Crippen LogP) is 8.81. The number of anilines is 1. The van der Waals surface area contributed by atoms with Crippen LogP contribution >= 0.6 is 11.6 Å². The number of carbonyl (C=O) groups excluding carboxylic acids is 1. The summed E-state index contributed by atoms with van der Waals surface area (Å²) in [5, 5.41) is 0.715. The molecule has 2 aliphatic heterocycles. The van der Waals surface area contributed by atoms with Crippen molar-refractivity contribution in [2.24, 2.45) is 0 Å². The summed E-state index contributed by atoms with van der Waals surface area (Å²) in [4.78, 5) is 20.1. The third-order valence-corrected chi connectivity index (χ3v) is 8.86. The van der Waals surface area contributed by atoms with Gasteiger partial charge in [0.15, 0.2) is 0 Å². The van der Waals surface area contributed by atoms with Gasteiger partial charge in [0.1, 0.15) is 0 Å². The van der Waals surface area contributed by atoms with Crippen molar-refractivity contribution in [1.82, 2.24) is 9.80 Å². The molecular formula is C39H44ClN3O. The van der Waals surface area contributed by atoms with E-state index in [9.17, 15) is 4.79 Å². The average molecular weight is 606 g/mol. The Balaban J connectivity index is 0.000000712. The molecular weight excluding hydrogens is 562 g/mol. The molecule has 44 heavy (non-hydrogen) atoms. The van der Waals surface area contributed by atoms with Crippen molar-refractivity contribution < 1.29 is 4.79 Å². The zero-order chi connectivity index (χ0) is 30.7. The number of rotatable bonds is 9. The van der Waals surface area contributed by atoms with Crippen molar-refractivity contribution in [2.75, 3.05) is 37.6 Å². The molecule has 0 aromatic heterocycles. The first-order chi connectivity index (χ1) is 21.6. The van der Waals surface area contributed by atoms with Crippen molar-refractivity contribution in [3.63, 3.8) is 0 Å². The fourth-order valence-corrected chi connectivity index (χ4v) is 6.28. The third-order valence-electron chi connectivity index (χ3n) is 8.61. The SMILES string of the molecule is C/C=C/CC.O=C1c2cc(N3CCN(CCC(c4ccccc4)c4ccccc4)CC3)ccc2CN1Cc1ccc(Cl)cc1. The van der Waals surface area contributed by atoms with E-state index in [1.165, 1.54) is 11.1 Å². The number of benzene rings is 4. The molecule has 1 amide bonds. The maximum atomic E-state index is 13.2. The summed E-state index contributed by atoms with van der Waals surface area (Å²) < 4.78 is 0. The lowest BCUT2D eigenvalue weighted by Crippen LogP contribution is -2.46. The molecule has 2 heterocycles. The van der Waals surface area contributed by atoms with Crippen molar-refractivity contribution in [1.29, 1.82) is 0 Å². The molecule has 0 atom stereocenters. The number of fused-ring (bicyclic) bond motifs is 1. The van der Waals surface area contributed by atoms with E-state index in [0.29, 0.717) is 24.0 Å². The van der Waals surface area contributed by atoms with Gasteiger partial charge in [0.05, 0.1) is 0 Å². The molecule has 1 saturated heterocycles. The van der Waals surface area contributed by atoms with Crippen LogP contribution in [0.25, 0.3) is 0 Å². The monoisotopic (exact) mass is 605 g/mol. The first-order valence-corrected chi connectivity index (χ1v) is 16.3. The van der Waals surface area contributed by atoms with Gasteiger partial charge >= 0.3 is 0 Å². The Morgan fingerprint density at radius 2 is 1.45 bits per heavy atom. The van der Waals surface area contributed by atoms with Crippen molar-refractivity contribution in [3.8, 4) is 0 Å². The fraction of sp³-hybridized carbons (Fsp3) is 0.308. The molecule has 2 aliphatic rings. The van der Waals surface area contributed by atoms with E-state index in [1.807, 2.05) is 36.1 Å². The summed E-state index contributed by atoms with van der Waals surface area (Å²) in [5.41, 5.74) is 6.98. The molecule has 0 aliphatic carbocycles. The smallest absolute Gasteiger partial charge is 0.254 e. The molecule has 0 bridgehead atoms. The highest BCUT2D eigenvalue weighted by Gasteiger charge is 2.29. The number of amides is 1. The van der Waals surface area contributed by atoms with Gasteiger partial charge < -0.3 is 9.80 Å². The molecule has 4 aromatic rings. The minimum atomic E-state index is 0.119. The van der Waals surface area contributed by atoms with Crippen LogP contribution in [0.1, 0.15) is 65.2 Å². The van der Waals surface area contributed by atoms with Gasteiger partial charge in [0.25, 0.3) is 5.91 Å². The van der Waals surface area contributed by atoms with Crippen LogP contribution in [0.5, 0.6) is 0 Å². The number of nitrogens with zero attached hydrogens (tertiary/aromatic N) is 3. The molecule has 228 valence electrons. The first kappa shape index (κ1) is 31.6. The van der Waals surface area contributed by atoms with Crippen LogP contribution in [0.4, 0.5) is 5.69 Å². The second-order valence-electron chi connectivity index (χ2n) is 11.6. The number of allylic oxidation sites excluding steroid dienone is 2. The standard InChI is InChI=1S/C34H34ClN3O.C5H10/c35-30-14-11-26(12-15-30)24-38-25-29-13-16-31(23-33(29)34(38)39)37-21-19-36(20-22-37)18-17-32(27-7-3-1-4-8-27)28-9-5-2-6-10-28;1-3-5-4-2/h1-16,23,32H,17-22,24-25H2;3,5H,4H2,1-2H3/b;5-3+. The molecule has 0 radical (unpaired) electrons. The van der Waals surface area contributed by atoms with Gasteiger partial charge in [-0.15, -0.1) is 0 Å². The summed E-state index contributed by atoms with van der Waals surface area (Å²) in [6, 6.07) is 35.9. The second kappa shape index (κ2) is 15.7. The molecule has 1 fully saturated rings. The maximum absolute atomic E-state index is 13.2. The summed E-state index contributed by atoms with van der Waals surface area (Å²) in [6.45, 7) is 10.5. The minimum Gasteiger partial charge on any atom is -0.369 e. The van der Waals surface area contributed by atoms with Crippen LogP contribution in [0, 0.1) is 0 Å². The van der Waals surface area contributed by atoms with Crippen molar-refractivity contribution in [3.05, 3.63) is 148 Å². The third kappa shape index (κ3) is 8.19. The van der Waals surface area contributed by atoms with Gasteiger partial charge in [-0.2, -0.15) is 0 Å². The van der Waals surface area contributed by atoms with Crippen molar-refractivity contribution in [2.45, 2.75) is 45.7 Å². The van der Waals surface area contributed by atoms with E-state index in [-0.39, 0.29) is 5.91 Å². The maximum Gasteiger partial charge on any atom is 0.254 e. The fourth-order valence-electron chi connectivity index (χ4n) is 6.16. The summed E-state index contributed by atoms with van der Waals surface area (Å²) in [7, 11) is 0. The lowest BCUT2D eigenvalue weighted by molar-refractivity contribution is 0.0766. The van der Waals surface area contributed by atoms with Gasteiger partial charge in [-0.1, -0.05) is 110 Å². The van der Waals surface area contributed by atoms with Gasteiger partial charge in [-0.25, -0.2) is 0 Å². The van der Waals surface area contributed by atoms with Crippen molar-refractivity contribution >= 4 is 23.2 Å². The summed E-state index contributed by atoms with van der Waals surface area (Å²) in [6.07, 6.45) is 6.45. The Morgan fingerprint density at radius 3 is 2.02 bits per heavy atom. The summed E-state index contributed by atoms with van der Waals surface area (Å²) in [5.74, 6) is 0.525. The van der Waals surface area contributed by atoms with E-state index < -0.39 is 0 Å². The van der Waals surface area contributed by atoms with E-state index in [4.69, 9.17) is 11.6 Å². The number of piperazine rings is 1. The molecule has 5 heteroatoms. The first-order valence-electron chi connectivity index (χ1n) is 15.9. The number of hydrogen-bond acceptors (Lipinski definition) is 3. The average Bonchev–Trinajstić information content (AvgIpc) is 3.38. The van der Waals surface area contributed by atoms with E-state index in [1.54, 1.807) is 0 Å². The highest BCUT2D eigenvalue weighted by Crippen LogP contribution is 2.31. The Bertz CT molecular complexity index is 1460. The number of carbonyl (C=O) groups is 1. The van der Waals surface area contributed by atoms with Crippen LogP contribution in [0.3, 0.4) is 0 Å². The molecule has 4 aromatic carbocycles. The summed E-state index contributed by atoms with van der Waals surface area (Å²) >= 11 is 6.02. The lowest BCUT2D eigenvalue weighted by atomic mass is 9.88. The Morgan fingerprint density at radius 1 is 0.818 bits per heavy atom. The van der Waals surface area contributed by atoms with E-state index in [0.717, 1.165) is 67.9 Å². The van der Waals surface area contributed by atoms with Crippen LogP contribution in [0.15, 0.2) is 115 Å². The van der Waals surface area contributed by atoms with Gasteiger partial charge in [0, 0.05) is 61.5 Å². The Kier molecular flexibility index (Phi) is 11.3. The largest absolute Gasteiger partial charge is 0.369 e. The van der Waals surface area contributed by atoms with Gasteiger partial charge in [0.2, 0.25) is 0 Å². The van der Waals surface area contributed by atoms with Gasteiger partial charge in [-0.3, -0.25) is 9.69 Å². The predicted molar refractivity (Wildman–Crippen MR) is 185 cm³/mol. The van der Waals surface area contributed by atoms with Crippen LogP contribution in [0.2, 0.25) is 5.02 Å². The normalized spacial score (nSPS) is 15.0. The number of halogens is 1. The van der Waals surface area contributed by atoms with Crippen LogP contribution in [-0.4, -0.2) is 48.4 Å².